The predicted molar refractivity (Wildman–Crippen MR) is 115 cm³/mol. The van der Waals surface area contributed by atoms with Crippen LogP contribution in [0.3, 0.4) is 0 Å². The fraction of sp³-hybridized carbons (Fsp3) is 0.526. The van der Waals surface area contributed by atoms with Crippen LogP contribution in [0.1, 0.15) is 58.3 Å². The van der Waals surface area contributed by atoms with Gasteiger partial charge in [-0.3, -0.25) is 4.72 Å². The van der Waals surface area contributed by atoms with E-state index < -0.39 is 25.9 Å². The monoisotopic (exact) mass is 465 g/mol. The third kappa shape index (κ3) is 7.71. The number of benzene rings is 1. The molecule has 0 amide bonds. The van der Waals surface area contributed by atoms with E-state index in [1.54, 1.807) is 0 Å². The molecular weight excluding hydrogens is 440 g/mol. The first-order valence-electron chi connectivity index (χ1n) is 9.70. The molecule has 0 aliphatic carbocycles. The van der Waals surface area contributed by atoms with Gasteiger partial charge in [0.25, 0.3) is 10.0 Å². The molecule has 0 radical (unpaired) electrons. The van der Waals surface area contributed by atoms with Crippen molar-refractivity contribution in [2.45, 2.75) is 63.2 Å². The first kappa shape index (κ1) is 23.8. The highest BCUT2D eigenvalue weighted by Gasteiger charge is 2.22. The summed E-state index contributed by atoms with van der Waals surface area (Å²) in [6, 6.07) is 2.10. The van der Waals surface area contributed by atoms with Gasteiger partial charge in [-0.05, 0) is 18.6 Å². The van der Waals surface area contributed by atoms with Gasteiger partial charge in [-0.1, -0.05) is 74.8 Å². The number of halogens is 3. The molecule has 0 atom stereocenters. The molecule has 5 nitrogen and oxygen atoms in total. The van der Waals surface area contributed by atoms with Crippen molar-refractivity contribution >= 4 is 43.8 Å². The Labute approximate surface area is 179 Å². The number of thiazole rings is 1. The van der Waals surface area contributed by atoms with Gasteiger partial charge in [0.2, 0.25) is 0 Å². The Morgan fingerprint density at radius 2 is 1.72 bits per heavy atom. The van der Waals surface area contributed by atoms with Gasteiger partial charge in [0.05, 0.1) is 16.9 Å². The number of hydrogen-bond acceptors (Lipinski definition) is 5. The van der Waals surface area contributed by atoms with Gasteiger partial charge >= 0.3 is 0 Å². The molecule has 0 spiro atoms. The summed E-state index contributed by atoms with van der Waals surface area (Å²) >= 11 is 6.64. The van der Waals surface area contributed by atoms with Crippen LogP contribution in [0.5, 0.6) is 0 Å². The summed E-state index contributed by atoms with van der Waals surface area (Å²) in [5, 5.41) is 2.31. The molecular formula is C19H26ClF2N3O2S2. The molecule has 0 aliphatic heterocycles. The quantitative estimate of drug-likeness (QED) is 0.334. The van der Waals surface area contributed by atoms with E-state index in [9.17, 15) is 17.2 Å². The number of hydrogen-bond donors (Lipinski definition) is 2. The van der Waals surface area contributed by atoms with Crippen LogP contribution < -0.4 is 10.0 Å². The highest BCUT2D eigenvalue weighted by molar-refractivity contribution is 7.93. The second kappa shape index (κ2) is 11.7. The summed E-state index contributed by atoms with van der Waals surface area (Å²) in [5.41, 5.74) is 0.339. The predicted octanol–water partition coefficient (Wildman–Crippen LogP) is 6.43. The first-order valence-corrected chi connectivity index (χ1v) is 12.4. The molecule has 1 aromatic carbocycles. The Bertz CT molecular complexity index is 892. The standard InChI is InChI=1S/C19H26ClF2N3O2S2/c1-2-3-4-5-6-7-8-9-10-23-16-12-15(21)17(11-14(16)20)29(26,27)25-19-24-13-18(22)28-19/h11-13,23H,2-10H2,1H3,(H,24,25). The Kier molecular flexibility index (Phi) is 9.58. The molecule has 2 aromatic rings. The highest BCUT2D eigenvalue weighted by Crippen LogP contribution is 2.30. The van der Waals surface area contributed by atoms with Crippen molar-refractivity contribution in [1.82, 2.24) is 4.98 Å². The Morgan fingerprint density at radius 1 is 1.07 bits per heavy atom. The van der Waals surface area contributed by atoms with Crippen molar-refractivity contribution in [2.24, 2.45) is 0 Å². The van der Waals surface area contributed by atoms with Crippen LogP contribution in [-0.2, 0) is 10.0 Å². The summed E-state index contributed by atoms with van der Waals surface area (Å²) in [6.45, 7) is 2.82. The van der Waals surface area contributed by atoms with Crippen LogP contribution >= 0.6 is 22.9 Å². The SMILES string of the molecule is CCCCCCCCCCNc1cc(F)c(S(=O)(=O)Nc2ncc(F)s2)cc1Cl. The molecule has 2 N–H and O–H groups in total. The van der Waals surface area contributed by atoms with Gasteiger partial charge in [0.15, 0.2) is 10.3 Å². The molecule has 162 valence electrons. The van der Waals surface area contributed by atoms with E-state index in [1.807, 2.05) is 4.72 Å². The highest BCUT2D eigenvalue weighted by atomic mass is 35.5. The maximum absolute atomic E-state index is 14.4. The molecule has 29 heavy (non-hydrogen) atoms. The van der Waals surface area contributed by atoms with Crippen molar-refractivity contribution < 1.29 is 17.2 Å². The zero-order valence-electron chi connectivity index (χ0n) is 16.3. The smallest absolute Gasteiger partial charge is 0.266 e. The summed E-state index contributed by atoms with van der Waals surface area (Å²) in [7, 11) is -4.27. The van der Waals surface area contributed by atoms with Crippen molar-refractivity contribution in [2.75, 3.05) is 16.6 Å². The van der Waals surface area contributed by atoms with Crippen LogP contribution in [0.2, 0.25) is 5.02 Å². The maximum Gasteiger partial charge on any atom is 0.266 e. The van der Waals surface area contributed by atoms with E-state index in [1.165, 1.54) is 32.1 Å². The van der Waals surface area contributed by atoms with Crippen LogP contribution in [-0.4, -0.2) is 19.9 Å². The van der Waals surface area contributed by atoms with Crippen LogP contribution in [0.25, 0.3) is 0 Å². The van der Waals surface area contributed by atoms with Gasteiger partial charge in [-0.2, -0.15) is 4.39 Å². The average Bonchev–Trinajstić information content (AvgIpc) is 3.06. The Hall–Kier alpha value is -1.45. The number of sulfonamides is 1. The zero-order valence-corrected chi connectivity index (χ0v) is 18.7. The minimum Gasteiger partial charge on any atom is -0.384 e. The molecule has 1 aromatic heterocycles. The first-order chi connectivity index (χ1) is 13.8. The lowest BCUT2D eigenvalue weighted by atomic mass is 10.1. The summed E-state index contributed by atoms with van der Waals surface area (Å²) in [6.07, 6.45) is 10.3. The van der Waals surface area contributed by atoms with Gasteiger partial charge in [-0.15, -0.1) is 0 Å². The van der Waals surface area contributed by atoms with E-state index in [0.29, 0.717) is 23.6 Å². The summed E-state index contributed by atoms with van der Waals surface area (Å²) < 4.78 is 54.1. The topological polar surface area (TPSA) is 71.1 Å². The van der Waals surface area contributed by atoms with E-state index in [-0.39, 0.29) is 10.2 Å². The second-order valence-corrected chi connectivity index (χ2v) is 9.78. The van der Waals surface area contributed by atoms with Gasteiger partial charge in [-0.25, -0.2) is 17.8 Å². The van der Waals surface area contributed by atoms with E-state index in [4.69, 9.17) is 11.6 Å². The van der Waals surface area contributed by atoms with Gasteiger partial charge < -0.3 is 5.32 Å². The third-order valence-electron chi connectivity index (χ3n) is 4.36. The van der Waals surface area contributed by atoms with Crippen molar-refractivity contribution in [3.63, 3.8) is 0 Å². The van der Waals surface area contributed by atoms with E-state index in [2.05, 4.69) is 17.2 Å². The lowest BCUT2D eigenvalue weighted by Gasteiger charge is -2.12. The molecule has 10 heteroatoms. The average molecular weight is 466 g/mol. The fourth-order valence-electron chi connectivity index (χ4n) is 2.82. The maximum atomic E-state index is 14.4. The Balaban J connectivity index is 1.87. The molecule has 0 saturated heterocycles. The van der Waals surface area contributed by atoms with E-state index >= 15 is 0 Å². The third-order valence-corrected chi connectivity index (χ3v) is 6.85. The van der Waals surface area contributed by atoms with E-state index in [0.717, 1.165) is 37.6 Å². The molecule has 0 fully saturated rings. The lowest BCUT2D eigenvalue weighted by Crippen LogP contribution is -2.15. The number of rotatable bonds is 13. The molecule has 0 unspecified atom stereocenters. The van der Waals surface area contributed by atoms with Gasteiger partial charge in [0, 0.05) is 6.54 Å². The molecule has 0 saturated carbocycles. The largest absolute Gasteiger partial charge is 0.384 e. The summed E-state index contributed by atoms with van der Waals surface area (Å²) in [4.78, 5) is 2.95. The normalized spacial score (nSPS) is 11.6. The molecule has 0 bridgehead atoms. The lowest BCUT2D eigenvalue weighted by molar-refractivity contribution is 0.570. The number of nitrogens with one attached hydrogen (secondary N) is 2. The van der Waals surface area contributed by atoms with Crippen molar-refractivity contribution in [1.29, 1.82) is 0 Å². The Morgan fingerprint density at radius 3 is 2.34 bits per heavy atom. The van der Waals surface area contributed by atoms with Crippen molar-refractivity contribution in [3.05, 3.63) is 34.3 Å². The van der Waals surface area contributed by atoms with Crippen LogP contribution in [0.15, 0.2) is 23.2 Å². The number of nitrogens with zero attached hydrogens (tertiary/aromatic N) is 1. The van der Waals surface area contributed by atoms with Crippen molar-refractivity contribution in [3.8, 4) is 0 Å². The number of unbranched alkanes of at least 4 members (excludes halogenated alkanes) is 7. The summed E-state index contributed by atoms with van der Waals surface area (Å²) in [5.74, 6) is -0.947. The zero-order chi connectivity index (χ0) is 21.3. The van der Waals surface area contributed by atoms with Gasteiger partial charge in [0.1, 0.15) is 10.7 Å². The van der Waals surface area contributed by atoms with Crippen LogP contribution in [0, 0.1) is 10.9 Å². The number of aromatic nitrogens is 1. The number of anilines is 2. The fourth-order valence-corrected chi connectivity index (χ4v) is 4.99. The minimum absolute atomic E-state index is 0.0941. The molecule has 2 rings (SSSR count). The molecule has 0 aliphatic rings. The minimum atomic E-state index is -4.27. The molecule has 1 heterocycles. The van der Waals surface area contributed by atoms with Crippen LogP contribution in [0.4, 0.5) is 19.6 Å². The second-order valence-electron chi connectivity index (χ2n) is 6.74.